The lowest BCUT2D eigenvalue weighted by Crippen LogP contribution is -2.47. The van der Waals surface area contributed by atoms with Gasteiger partial charge in [-0.2, -0.15) is 11.8 Å². The molecule has 1 aromatic heterocycles. The van der Waals surface area contributed by atoms with Gasteiger partial charge in [-0.1, -0.05) is 6.07 Å². The Labute approximate surface area is 117 Å². The van der Waals surface area contributed by atoms with Crippen molar-refractivity contribution in [3.63, 3.8) is 0 Å². The van der Waals surface area contributed by atoms with Crippen molar-refractivity contribution in [1.29, 1.82) is 0 Å². The smallest absolute Gasteiger partial charge is 0.169 e. The van der Waals surface area contributed by atoms with Crippen LogP contribution in [0.4, 0.5) is 5.82 Å². The summed E-state index contributed by atoms with van der Waals surface area (Å²) in [6.07, 6.45) is 2.95. The van der Waals surface area contributed by atoms with Crippen LogP contribution in [0.1, 0.15) is 5.56 Å². The molecule has 4 nitrogen and oxygen atoms in total. The van der Waals surface area contributed by atoms with Gasteiger partial charge >= 0.3 is 0 Å². The third kappa shape index (κ3) is 2.92. The van der Waals surface area contributed by atoms with Gasteiger partial charge in [-0.15, -0.1) is 11.6 Å². The highest BCUT2D eigenvalue weighted by molar-refractivity contribution is 8.01. The van der Waals surface area contributed by atoms with Crippen LogP contribution in [0.5, 0.6) is 0 Å². The highest BCUT2D eigenvalue weighted by atomic mass is 35.5. The number of hydrogen-bond acceptors (Lipinski definition) is 5. The number of anilines is 1. The Balaban J connectivity index is 2.40. The summed E-state index contributed by atoms with van der Waals surface area (Å²) in [5, 5.41) is -0.506. The maximum absolute atomic E-state index is 11.9. The van der Waals surface area contributed by atoms with E-state index in [4.69, 9.17) is 11.6 Å². The molecule has 1 aromatic rings. The number of halogens is 1. The molecule has 100 valence electrons. The third-order valence-electron chi connectivity index (χ3n) is 2.86. The number of rotatable bonds is 3. The summed E-state index contributed by atoms with van der Waals surface area (Å²) in [6.45, 7) is 0.684. The van der Waals surface area contributed by atoms with E-state index in [1.165, 1.54) is 6.26 Å². The first-order valence-electron chi connectivity index (χ1n) is 5.57. The molecule has 1 aliphatic heterocycles. The van der Waals surface area contributed by atoms with E-state index in [2.05, 4.69) is 4.98 Å². The fourth-order valence-electron chi connectivity index (χ4n) is 1.97. The van der Waals surface area contributed by atoms with Crippen LogP contribution in [0.3, 0.4) is 0 Å². The van der Waals surface area contributed by atoms with Crippen molar-refractivity contribution in [3.05, 3.63) is 23.9 Å². The van der Waals surface area contributed by atoms with Crippen molar-refractivity contribution in [1.82, 2.24) is 4.98 Å². The molecule has 0 radical (unpaired) electrons. The Morgan fingerprint density at radius 1 is 1.61 bits per heavy atom. The van der Waals surface area contributed by atoms with Crippen LogP contribution in [0.15, 0.2) is 18.3 Å². The molecule has 1 unspecified atom stereocenters. The van der Waals surface area contributed by atoms with Gasteiger partial charge in [-0.25, -0.2) is 13.4 Å². The second-order valence-corrected chi connectivity index (χ2v) is 7.79. The van der Waals surface area contributed by atoms with Crippen molar-refractivity contribution in [2.75, 3.05) is 29.2 Å². The molecule has 0 spiro atoms. The quantitative estimate of drug-likeness (QED) is 0.796. The fraction of sp³-hybridized carbons (Fsp3) is 0.545. The summed E-state index contributed by atoms with van der Waals surface area (Å²) < 4.78 is 23.7. The van der Waals surface area contributed by atoms with Crippen molar-refractivity contribution >= 4 is 39.0 Å². The fourth-order valence-corrected chi connectivity index (χ4v) is 5.00. The molecule has 0 aromatic carbocycles. The lowest BCUT2D eigenvalue weighted by molar-refractivity contribution is 0.583. The lowest BCUT2D eigenvalue weighted by atomic mass is 10.2. The first-order valence-corrected chi connectivity index (χ1v) is 9.21. The predicted molar refractivity (Wildman–Crippen MR) is 77.1 cm³/mol. The van der Waals surface area contributed by atoms with Crippen LogP contribution in [0.2, 0.25) is 0 Å². The normalized spacial score (nSPS) is 21.0. The minimum Gasteiger partial charge on any atom is -0.338 e. The summed E-state index contributed by atoms with van der Waals surface area (Å²) in [6, 6.07) is 3.70. The minimum atomic E-state index is -3.13. The summed E-state index contributed by atoms with van der Waals surface area (Å²) in [7, 11) is -3.13. The molecular formula is C11H15ClN2O2S2. The number of nitrogens with zero attached hydrogens (tertiary/aromatic N) is 2. The Morgan fingerprint density at radius 3 is 3.06 bits per heavy atom. The van der Waals surface area contributed by atoms with Crippen molar-refractivity contribution < 1.29 is 8.42 Å². The average molecular weight is 307 g/mol. The van der Waals surface area contributed by atoms with E-state index < -0.39 is 15.2 Å². The van der Waals surface area contributed by atoms with Crippen LogP contribution < -0.4 is 4.90 Å². The zero-order valence-electron chi connectivity index (χ0n) is 10.0. The predicted octanol–water partition coefficient (Wildman–Crippen LogP) is 1.74. The Bertz CT molecular complexity index is 522. The highest BCUT2D eigenvalue weighted by Gasteiger charge is 2.32. The second kappa shape index (κ2) is 5.67. The second-order valence-electron chi connectivity index (χ2n) is 4.17. The first kappa shape index (κ1) is 14.0. The summed E-state index contributed by atoms with van der Waals surface area (Å²) >= 11 is 7.55. The van der Waals surface area contributed by atoms with Gasteiger partial charge in [-0.3, -0.25) is 0 Å². The van der Waals surface area contributed by atoms with Crippen LogP contribution in [0.25, 0.3) is 0 Å². The van der Waals surface area contributed by atoms with Crippen LogP contribution in [-0.4, -0.2) is 43.1 Å². The van der Waals surface area contributed by atoms with Gasteiger partial charge in [0.2, 0.25) is 0 Å². The Morgan fingerprint density at radius 2 is 2.39 bits per heavy atom. The van der Waals surface area contributed by atoms with Crippen molar-refractivity contribution in [3.8, 4) is 0 Å². The van der Waals surface area contributed by atoms with E-state index >= 15 is 0 Å². The molecule has 1 atom stereocenters. The van der Waals surface area contributed by atoms with Crippen LogP contribution >= 0.6 is 23.4 Å². The van der Waals surface area contributed by atoms with Gasteiger partial charge in [0.15, 0.2) is 9.84 Å². The standard InChI is InChI=1S/C11H15ClN2O2S2/c1-18(15,16)10-8-17-6-5-14(10)11-9(7-12)3-2-4-13-11/h2-4,10H,5-8H2,1H3. The van der Waals surface area contributed by atoms with E-state index in [-0.39, 0.29) is 0 Å². The summed E-state index contributed by atoms with van der Waals surface area (Å²) in [5.41, 5.74) is 0.875. The summed E-state index contributed by atoms with van der Waals surface area (Å²) in [5.74, 6) is 2.52. The SMILES string of the molecule is CS(=O)(=O)C1CSCCN1c1ncccc1CCl. The van der Waals surface area contributed by atoms with Gasteiger partial charge in [-0.05, 0) is 6.07 Å². The average Bonchev–Trinajstić information content (AvgIpc) is 2.37. The van der Waals surface area contributed by atoms with Crippen molar-refractivity contribution in [2.24, 2.45) is 0 Å². The van der Waals surface area contributed by atoms with E-state index in [1.54, 1.807) is 18.0 Å². The van der Waals surface area contributed by atoms with E-state index in [1.807, 2.05) is 17.0 Å². The van der Waals surface area contributed by atoms with Gasteiger partial charge in [0.05, 0.1) is 5.88 Å². The van der Waals surface area contributed by atoms with Gasteiger partial charge in [0, 0.05) is 36.1 Å². The molecule has 0 N–H and O–H groups in total. The maximum atomic E-state index is 11.9. The molecule has 1 saturated heterocycles. The molecule has 7 heteroatoms. The van der Waals surface area contributed by atoms with Crippen molar-refractivity contribution in [2.45, 2.75) is 11.3 Å². The van der Waals surface area contributed by atoms with Crippen LogP contribution in [-0.2, 0) is 15.7 Å². The first-order chi connectivity index (χ1) is 8.54. The van der Waals surface area contributed by atoms with E-state index in [0.29, 0.717) is 24.0 Å². The molecule has 1 aliphatic rings. The number of aromatic nitrogens is 1. The molecule has 1 fully saturated rings. The number of sulfone groups is 1. The van der Waals surface area contributed by atoms with Gasteiger partial charge in [0.25, 0.3) is 0 Å². The van der Waals surface area contributed by atoms with Gasteiger partial charge in [0.1, 0.15) is 11.2 Å². The molecule has 2 rings (SSSR count). The summed E-state index contributed by atoms with van der Waals surface area (Å²) in [4.78, 5) is 6.17. The zero-order chi connectivity index (χ0) is 13.2. The molecule has 18 heavy (non-hydrogen) atoms. The molecule has 0 bridgehead atoms. The van der Waals surface area contributed by atoms with Crippen LogP contribution in [0, 0.1) is 0 Å². The largest absolute Gasteiger partial charge is 0.338 e. The molecule has 0 aliphatic carbocycles. The number of pyridine rings is 1. The topological polar surface area (TPSA) is 50.3 Å². The number of alkyl halides is 1. The van der Waals surface area contributed by atoms with E-state index in [9.17, 15) is 8.42 Å². The van der Waals surface area contributed by atoms with Gasteiger partial charge < -0.3 is 4.90 Å². The third-order valence-corrected chi connectivity index (χ3v) is 5.79. The molecular weight excluding hydrogens is 292 g/mol. The molecule has 0 amide bonds. The van der Waals surface area contributed by atoms with E-state index in [0.717, 1.165) is 11.3 Å². The highest BCUT2D eigenvalue weighted by Crippen LogP contribution is 2.28. The number of hydrogen-bond donors (Lipinski definition) is 0. The zero-order valence-corrected chi connectivity index (χ0v) is 12.4. The lowest BCUT2D eigenvalue weighted by Gasteiger charge is -2.35. The monoisotopic (exact) mass is 306 g/mol. The number of thioether (sulfide) groups is 1. The molecule has 2 heterocycles. The Hall–Kier alpha value is -0.460. The minimum absolute atomic E-state index is 0.337. The maximum Gasteiger partial charge on any atom is 0.169 e. The molecule has 0 saturated carbocycles. The Kier molecular flexibility index (Phi) is 4.40.